The van der Waals surface area contributed by atoms with Gasteiger partial charge in [-0.1, -0.05) is 62.4 Å². The van der Waals surface area contributed by atoms with Crippen molar-refractivity contribution < 1.29 is 58.8 Å². The van der Waals surface area contributed by atoms with Gasteiger partial charge in [-0.25, -0.2) is 9.38 Å². The number of para-hydroxylation sites is 1. The standard InChI is InChI=1S/C33H35FN2O5.Na/c1-22(2)32-31(35-21-41-28-11-7-4-8-12-28)30(23-9-5-3-6-10-23)33(24-13-15-25(34)16-14-24)36(32)18-17-26(37)19-27(38)20-29(39)40;/h3-16,21-22,26-27,37-38H,17-20H2,1-2H3,(H,39,40);/q;+1/p-1/t26-,27-;/m1./s1. The van der Waals surface area contributed by atoms with E-state index in [9.17, 15) is 24.5 Å². The minimum Gasteiger partial charge on any atom is -0.550 e. The first-order valence-corrected chi connectivity index (χ1v) is 13.6. The number of carbonyl (C=O) groups excluding carboxylic acids is 1. The van der Waals surface area contributed by atoms with Crippen molar-refractivity contribution in [3.05, 3.63) is 96.4 Å². The molecule has 3 aromatic carbocycles. The Balaban J connectivity index is 0.00000484. The van der Waals surface area contributed by atoms with Crippen LogP contribution in [0, 0.1) is 5.82 Å². The van der Waals surface area contributed by atoms with Crippen LogP contribution in [-0.2, 0) is 11.3 Å². The number of carbonyl (C=O) groups is 1. The molecule has 0 aliphatic rings. The number of halogens is 1. The number of rotatable bonds is 13. The molecule has 7 nitrogen and oxygen atoms in total. The molecule has 4 aromatic rings. The second-order valence-electron chi connectivity index (χ2n) is 10.2. The van der Waals surface area contributed by atoms with E-state index in [-0.39, 0.29) is 54.1 Å². The van der Waals surface area contributed by atoms with Crippen molar-refractivity contribution in [1.29, 1.82) is 0 Å². The Morgan fingerprint density at radius 2 is 1.57 bits per heavy atom. The van der Waals surface area contributed by atoms with E-state index in [1.807, 2.05) is 74.5 Å². The van der Waals surface area contributed by atoms with Crippen molar-refractivity contribution in [2.75, 3.05) is 0 Å². The van der Waals surface area contributed by atoms with Gasteiger partial charge in [-0.3, -0.25) is 0 Å². The molecule has 214 valence electrons. The summed E-state index contributed by atoms with van der Waals surface area (Å²) in [6.45, 7) is 4.44. The number of carboxylic acid groups (broad SMARTS) is 1. The van der Waals surface area contributed by atoms with Crippen LogP contribution in [0.2, 0.25) is 0 Å². The van der Waals surface area contributed by atoms with E-state index in [4.69, 9.17) is 9.73 Å². The van der Waals surface area contributed by atoms with Crippen LogP contribution >= 0.6 is 0 Å². The molecule has 2 atom stereocenters. The van der Waals surface area contributed by atoms with Gasteiger partial charge in [-0.15, -0.1) is 0 Å². The van der Waals surface area contributed by atoms with Crippen LogP contribution in [0.15, 0.2) is 89.9 Å². The molecule has 0 spiro atoms. The third kappa shape index (κ3) is 8.63. The van der Waals surface area contributed by atoms with E-state index >= 15 is 0 Å². The summed E-state index contributed by atoms with van der Waals surface area (Å²) in [4.78, 5) is 15.7. The first-order chi connectivity index (χ1) is 19.7. The summed E-state index contributed by atoms with van der Waals surface area (Å²) in [5, 5.41) is 31.6. The Morgan fingerprint density at radius 1 is 0.952 bits per heavy atom. The van der Waals surface area contributed by atoms with E-state index in [0.717, 1.165) is 28.1 Å². The van der Waals surface area contributed by atoms with Gasteiger partial charge in [0, 0.05) is 30.2 Å². The maximum absolute atomic E-state index is 14.0. The predicted molar refractivity (Wildman–Crippen MR) is 155 cm³/mol. The molecular formula is C33H34FN2NaO5. The molecule has 0 aliphatic carbocycles. The van der Waals surface area contributed by atoms with Crippen molar-refractivity contribution in [3.63, 3.8) is 0 Å². The quantitative estimate of drug-likeness (QED) is 0.144. The number of aliphatic imine (C=N–C) groups is 1. The van der Waals surface area contributed by atoms with Gasteiger partial charge in [0.05, 0.1) is 23.6 Å². The minimum absolute atomic E-state index is 0. The van der Waals surface area contributed by atoms with Gasteiger partial charge in [0.15, 0.2) is 6.40 Å². The summed E-state index contributed by atoms with van der Waals surface area (Å²) in [7, 11) is 0. The topological polar surface area (TPSA) is 107 Å². The van der Waals surface area contributed by atoms with E-state index < -0.39 is 24.6 Å². The van der Waals surface area contributed by atoms with Gasteiger partial charge in [-0.05, 0) is 66.3 Å². The van der Waals surface area contributed by atoms with Crippen molar-refractivity contribution in [1.82, 2.24) is 4.57 Å². The number of hydrogen-bond donors (Lipinski definition) is 2. The molecule has 0 amide bonds. The van der Waals surface area contributed by atoms with Crippen LogP contribution < -0.4 is 39.4 Å². The Labute approximate surface area is 267 Å². The molecule has 42 heavy (non-hydrogen) atoms. The van der Waals surface area contributed by atoms with Gasteiger partial charge in [0.2, 0.25) is 0 Å². The fourth-order valence-electron chi connectivity index (χ4n) is 4.98. The second-order valence-corrected chi connectivity index (χ2v) is 10.2. The van der Waals surface area contributed by atoms with E-state index in [0.29, 0.717) is 18.0 Å². The van der Waals surface area contributed by atoms with Gasteiger partial charge < -0.3 is 29.4 Å². The van der Waals surface area contributed by atoms with Gasteiger partial charge in [0.1, 0.15) is 11.6 Å². The number of benzene rings is 3. The SMILES string of the molecule is CC(C)c1c(N=COc2ccccc2)c(-c2ccccc2)c(-c2ccc(F)cc2)n1CC[C@@H](O)C[C@@H](O)CC(=O)[O-].[Na+]. The Bertz CT molecular complexity index is 1460. The summed E-state index contributed by atoms with van der Waals surface area (Å²) >= 11 is 0. The zero-order valence-corrected chi connectivity index (χ0v) is 26.1. The summed E-state index contributed by atoms with van der Waals surface area (Å²) in [6, 6.07) is 25.3. The summed E-state index contributed by atoms with van der Waals surface area (Å²) in [5.41, 5.74) is 4.88. The largest absolute Gasteiger partial charge is 1.00 e. The van der Waals surface area contributed by atoms with E-state index in [2.05, 4.69) is 4.57 Å². The second kappa shape index (κ2) is 15.8. The smallest absolute Gasteiger partial charge is 0.550 e. The zero-order valence-electron chi connectivity index (χ0n) is 24.1. The molecule has 0 bridgehead atoms. The average Bonchev–Trinajstić information content (AvgIpc) is 3.27. The van der Waals surface area contributed by atoms with Crippen LogP contribution in [-0.4, -0.2) is 39.4 Å². The zero-order chi connectivity index (χ0) is 29.4. The van der Waals surface area contributed by atoms with Crippen LogP contribution in [0.3, 0.4) is 0 Å². The molecule has 2 N–H and O–H groups in total. The molecule has 1 aromatic heterocycles. The van der Waals surface area contributed by atoms with Gasteiger partial charge >= 0.3 is 29.6 Å². The number of aliphatic carboxylic acids is 1. The molecular weight excluding hydrogens is 546 g/mol. The number of carboxylic acids is 1. The molecule has 0 aliphatic heterocycles. The third-order valence-electron chi connectivity index (χ3n) is 6.75. The van der Waals surface area contributed by atoms with Gasteiger partial charge in [0.25, 0.3) is 0 Å². The monoisotopic (exact) mass is 580 g/mol. The Kier molecular flexibility index (Phi) is 12.5. The van der Waals surface area contributed by atoms with Crippen LogP contribution in [0.5, 0.6) is 5.75 Å². The number of aromatic nitrogens is 1. The van der Waals surface area contributed by atoms with E-state index in [1.54, 1.807) is 12.1 Å². The van der Waals surface area contributed by atoms with Crippen molar-refractivity contribution in [2.24, 2.45) is 4.99 Å². The number of aliphatic hydroxyl groups excluding tert-OH is 2. The minimum atomic E-state index is -1.37. The summed E-state index contributed by atoms with van der Waals surface area (Å²) < 4.78 is 21.9. The third-order valence-corrected chi connectivity index (χ3v) is 6.75. The fourth-order valence-corrected chi connectivity index (χ4v) is 4.98. The van der Waals surface area contributed by atoms with Crippen LogP contribution in [0.4, 0.5) is 10.1 Å². The molecule has 0 unspecified atom stereocenters. The normalized spacial score (nSPS) is 12.7. The average molecular weight is 581 g/mol. The molecule has 4 rings (SSSR count). The maximum Gasteiger partial charge on any atom is 1.00 e. The van der Waals surface area contributed by atoms with Crippen molar-refractivity contribution in [2.45, 2.75) is 57.8 Å². The van der Waals surface area contributed by atoms with Crippen LogP contribution in [0.1, 0.15) is 44.7 Å². The van der Waals surface area contributed by atoms with Crippen molar-refractivity contribution in [3.8, 4) is 28.1 Å². The maximum atomic E-state index is 14.0. The Morgan fingerprint density at radius 3 is 2.17 bits per heavy atom. The first-order valence-electron chi connectivity index (χ1n) is 13.6. The Hall–Kier alpha value is -3.27. The number of aliphatic hydroxyl groups is 2. The molecule has 0 fully saturated rings. The summed E-state index contributed by atoms with van der Waals surface area (Å²) in [6.07, 6.45) is -1.16. The number of hydrogen-bond acceptors (Lipinski definition) is 6. The predicted octanol–water partition coefficient (Wildman–Crippen LogP) is 2.47. The molecule has 0 saturated heterocycles. The summed E-state index contributed by atoms with van der Waals surface area (Å²) in [5.74, 6) is -1.09. The van der Waals surface area contributed by atoms with Crippen molar-refractivity contribution >= 4 is 18.1 Å². The molecule has 9 heteroatoms. The molecule has 0 saturated carbocycles. The van der Waals surface area contributed by atoms with Crippen LogP contribution in [0.25, 0.3) is 22.4 Å². The fraction of sp³-hybridized carbons (Fsp3) is 0.273. The first kappa shape index (κ1) is 33.2. The number of nitrogens with zero attached hydrogens (tertiary/aromatic N) is 2. The van der Waals surface area contributed by atoms with Gasteiger partial charge in [-0.2, -0.15) is 0 Å². The molecule has 1 heterocycles. The molecule has 0 radical (unpaired) electrons. The van der Waals surface area contributed by atoms with E-state index in [1.165, 1.54) is 18.5 Å². The number of ether oxygens (including phenoxy) is 1.